The zero-order chi connectivity index (χ0) is 14.5. The zero-order valence-electron chi connectivity index (χ0n) is 11.0. The lowest BCUT2D eigenvalue weighted by atomic mass is 9.98. The van der Waals surface area contributed by atoms with Crippen molar-refractivity contribution in [2.45, 2.75) is 12.8 Å². The van der Waals surface area contributed by atoms with Crippen LogP contribution in [0.5, 0.6) is 0 Å². The molecule has 1 atom stereocenters. The van der Waals surface area contributed by atoms with E-state index < -0.39 is 5.97 Å². The number of rotatable bonds is 5. The molecule has 1 amide bonds. The molecule has 7 heteroatoms. The van der Waals surface area contributed by atoms with Crippen molar-refractivity contribution in [1.82, 2.24) is 10.2 Å². The first-order valence-corrected chi connectivity index (χ1v) is 6.91. The predicted octanol–water partition coefficient (Wildman–Crippen LogP) is 1.46. The van der Waals surface area contributed by atoms with E-state index >= 15 is 0 Å². The van der Waals surface area contributed by atoms with Gasteiger partial charge in [0.25, 0.3) is 5.91 Å². The fraction of sp³-hybridized carbons (Fsp3) is 0.538. The van der Waals surface area contributed by atoms with Gasteiger partial charge in [-0.25, -0.2) is 0 Å². The minimum atomic E-state index is -0.876. The van der Waals surface area contributed by atoms with Gasteiger partial charge in [0.15, 0.2) is 11.0 Å². The van der Waals surface area contributed by atoms with Crippen molar-refractivity contribution < 1.29 is 19.1 Å². The Labute approximate surface area is 121 Å². The molecule has 0 aliphatic carbocycles. The van der Waals surface area contributed by atoms with Gasteiger partial charge in [-0.05, 0) is 42.5 Å². The SMILES string of the molecule is O=C(O)CNCC1CCCN(C(=O)c2ccc(Cl)o2)C1. The first-order valence-electron chi connectivity index (χ1n) is 6.53. The second-order valence-electron chi connectivity index (χ2n) is 4.89. The highest BCUT2D eigenvalue weighted by atomic mass is 35.5. The van der Waals surface area contributed by atoms with E-state index in [2.05, 4.69) is 5.32 Å². The van der Waals surface area contributed by atoms with Gasteiger partial charge >= 0.3 is 5.97 Å². The summed E-state index contributed by atoms with van der Waals surface area (Å²) in [6, 6.07) is 3.11. The molecule has 2 heterocycles. The normalized spacial score (nSPS) is 19.1. The van der Waals surface area contributed by atoms with Crippen LogP contribution in [0.2, 0.25) is 5.22 Å². The maximum Gasteiger partial charge on any atom is 0.317 e. The topological polar surface area (TPSA) is 82.8 Å². The number of amides is 1. The van der Waals surface area contributed by atoms with E-state index in [0.29, 0.717) is 19.6 Å². The number of furan rings is 1. The number of aliphatic carboxylic acids is 1. The van der Waals surface area contributed by atoms with E-state index in [1.165, 1.54) is 0 Å². The number of hydrogen-bond donors (Lipinski definition) is 2. The summed E-state index contributed by atoms with van der Waals surface area (Å²) in [5.74, 6) is -0.537. The summed E-state index contributed by atoms with van der Waals surface area (Å²) >= 11 is 5.67. The molecule has 0 radical (unpaired) electrons. The molecule has 0 aromatic carbocycles. The van der Waals surface area contributed by atoms with Crippen molar-refractivity contribution in [3.8, 4) is 0 Å². The Morgan fingerprint density at radius 3 is 2.95 bits per heavy atom. The quantitative estimate of drug-likeness (QED) is 0.860. The van der Waals surface area contributed by atoms with Crippen LogP contribution in [0.4, 0.5) is 0 Å². The van der Waals surface area contributed by atoms with Crippen LogP contribution in [-0.2, 0) is 4.79 Å². The van der Waals surface area contributed by atoms with Crippen LogP contribution in [0, 0.1) is 5.92 Å². The van der Waals surface area contributed by atoms with Gasteiger partial charge in [-0.1, -0.05) is 0 Å². The smallest absolute Gasteiger partial charge is 0.317 e. The molecule has 0 saturated carbocycles. The third-order valence-electron chi connectivity index (χ3n) is 3.30. The van der Waals surface area contributed by atoms with Crippen LogP contribution in [0.1, 0.15) is 23.4 Å². The number of carbonyl (C=O) groups excluding carboxylic acids is 1. The highest BCUT2D eigenvalue weighted by molar-refractivity contribution is 6.29. The Kier molecular flexibility index (Phi) is 5.03. The van der Waals surface area contributed by atoms with Gasteiger partial charge < -0.3 is 19.7 Å². The molecule has 1 unspecified atom stereocenters. The van der Waals surface area contributed by atoms with E-state index in [0.717, 1.165) is 12.8 Å². The zero-order valence-corrected chi connectivity index (χ0v) is 11.7. The van der Waals surface area contributed by atoms with Crippen LogP contribution in [0.3, 0.4) is 0 Å². The Morgan fingerprint density at radius 2 is 2.30 bits per heavy atom. The fourth-order valence-electron chi connectivity index (χ4n) is 2.38. The largest absolute Gasteiger partial charge is 0.480 e. The third kappa shape index (κ3) is 3.98. The number of carbonyl (C=O) groups is 2. The molecule has 6 nitrogen and oxygen atoms in total. The number of carboxylic acids is 1. The van der Waals surface area contributed by atoms with Crippen LogP contribution in [0.15, 0.2) is 16.5 Å². The predicted molar refractivity (Wildman–Crippen MR) is 72.9 cm³/mol. The molecule has 20 heavy (non-hydrogen) atoms. The maximum absolute atomic E-state index is 12.2. The Hall–Kier alpha value is -1.53. The van der Waals surface area contributed by atoms with Gasteiger partial charge in [-0.15, -0.1) is 0 Å². The molecule has 1 saturated heterocycles. The summed E-state index contributed by atoms with van der Waals surface area (Å²) < 4.78 is 5.13. The second-order valence-corrected chi connectivity index (χ2v) is 5.26. The Morgan fingerprint density at radius 1 is 1.50 bits per heavy atom. The van der Waals surface area contributed by atoms with Crippen LogP contribution in [-0.4, -0.2) is 48.1 Å². The average Bonchev–Trinajstić information content (AvgIpc) is 2.84. The monoisotopic (exact) mass is 300 g/mol. The van der Waals surface area contributed by atoms with E-state index in [4.69, 9.17) is 21.1 Å². The summed E-state index contributed by atoms with van der Waals surface area (Å²) in [6.07, 6.45) is 1.88. The van der Waals surface area contributed by atoms with Crippen molar-refractivity contribution in [3.05, 3.63) is 23.1 Å². The molecule has 110 valence electrons. The number of halogens is 1. The second kappa shape index (κ2) is 6.76. The van der Waals surface area contributed by atoms with Crippen molar-refractivity contribution in [3.63, 3.8) is 0 Å². The maximum atomic E-state index is 12.2. The Bertz CT molecular complexity index is 488. The third-order valence-corrected chi connectivity index (χ3v) is 3.50. The lowest BCUT2D eigenvalue weighted by molar-refractivity contribution is -0.136. The average molecular weight is 301 g/mol. The molecule has 0 bridgehead atoms. The lowest BCUT2D eigenvalue weighted by Crippen LogP contribution is -2.43. The number of likely N-dealkylation sites (tertiary alicyclic amines) is 1. The van der Waals surface area contributed by atoms with Crippen LogP contribution >= 0.6 is 11.6 Å². The fourth-order valence-corrected chi connectivity index (χ4v) is 2.53. The van der Waals surface area contributed by atoms with Gasteiger partial charge in [0.2, 0.25) is 0 Å². The van der Waals surface area contributed by atoms with Crippen molar-refractivity contribution in [1.29, 1.82) is 0 Å². The first-order chi connectivity index (χ1) is 9.56. The molecule has 2 rings (SSSR count). The van der Waals surface area contributed by atoms with Gasteiger partial charge in [-0.2, -0.15) is 0 Å². The molecule has 1 aromatic rings. The molecule has 1 fully saturated rings. The van der Waals surface area contributed by atoms with E-state index in [1.807, 2.05) is 0 Å². The molecule has 1 aromatic heterocycles. The number of piperidine rings is 1. The van der Waals surface area contributed by atoms with E-state index in [9.17, 15) is 9.59 Å². The number of carboxylic acid groups (broad SMARTS) is 1. The van der Waals surface area contributed by atoms with Gasteiger partial charge in [-0.3, -0.25) is 9.59 Å². The van der Waals surface area contributed by atoms with Gasteiger partial charge in [0, 0.05) is 19.6 Å². The molecule has 0 spiro atoms. The highest BCUT2D eigenvalue weighted by Crippen LogP contribution is 2.20. The summed E-state index contributed by atoms with van der Waals surface area (Å²) in [4.78, 5) is 24.4. The standard InChI is InChI=1S/C13H17ClN2O4/c14-11-4-3-10(20-11)13(19)16-5-1-2-9(8-16)6-15-7-12(17)18/h3-4,9,15H,1-2,5-8H2,(H,17,18). The van der Waals surface area contributed by atoms with E-state index in [-0.39, 0.29) is 29.3 Å². The molecular formula is C13H17ClN2O4. The lowest BCUT2D eigenvalue weighted by Gasteiger charge is -2.32. The summed E-state index contributed by atoms with van der Waals surface area (Å²) in [7, 11) is 0. The van der Waals surface area contributed by atoms with Crippen molar-refractivity contribution >= 4 is 23.5 Å². The molecule has 2 N–H and O–H groups in total. The number of hydrogen-bond acceptors (Lipinski definition) is 4. The summed E-state index contributed by atoms with van der Waals surface area (Å²) in [5, 5.41) is 11.7. The number of nitrogens with one attached hydrogen (secondary N) is 1. The van der Waals surface area contributed by atoms with Gasteiger partial charge in [0.05, 0.1) is 6.54 Å². The first kappa shape index (κ1) is 14.9. The van der Waals surface area contributed by atoms with Gasteiger partial charge in [0.1, 0.15) is 0 Å². The van der Waals surface area contributed by atoms with Crippen LogP contribution < -0.4 is 5.32 Å². The molecule has 1 aliphatic heterocycles. The summed E-state index contributed by atoms with van der Waals surface area (Å²) in [5.41, 5.74) is 0. The minimum absolute atomic E-state index is 0.0573. The van der Waals surface area contributed by atoms with E-state index in [1.54, 1.807) is 17.0 Å². The molecule has 1 aliphatic rings. The number of nitrogens with zero attached hydrogens (tertiary/aromatic N) is 1. The molecular weight excluding hydrogens is 284 g/mol. The van der Waals surface area contributed by atoms with Crippen molar-refractivity contribution in [2.75, 3.05) is 26.2 Å². The minimum Gasteiger partial charge on any atom is -0.480 e. The van der Waals surface area contributed by atoms with Crippen LogP contribution in [0.25, 0.3) is 0 Å². The Balaban J connectivity index is 1.86. The summed E-state index contributed by atoms with van der Waals surface area (Å²) in [6.45, 7) is 1.82. The van der Waals surface area contributed by atoms with Crippen molar-refractivity contribution in [2.24, 2.45) is 5.92 Å². The highest BCUT2D eigenvalue weighted by Gasteiger charge is 2.26.